The zero-order valence-corrected chi connectivity index (χ0v) is 20.7. The predicted octanol–water partition coefficient (Wildman–Crippen LogP) is 5.78. The number of anilines is 3. The lowest BCUT2D eigenvalue weighted by atomic mass is 10.1. The second-order valence-electron chi connectivity index (χ2n) is 8.08. The molecule has 0 aliphatic heterocycles. The van der Waals surface area contributed by atoms with Gasteiger partial charge in [-0.2, -0.15) is 0 Å². The van der Waals surface area contributed by atoms with E-state index in [9.17, 15) is 9.59 Å². The summed E-state index contributed by atoms with van der Waals surface area (Å²) in [5.41, 5.74) is 3.93. The number of esters is 1. The van der Waals surface area contributed by atoms with Crippen LogP contribution in [-0.4, -0.2) is 29.0 Å². The fourth-order valence-electron chi connectivity index (χ4n) is 3.59. The second kappa shape index (κ2) is 11.6. The van der Waals surface area contributed by atoms with Gasteiger partial charge in [-0.05, 0) is 48.9 Å². The fraction of sp³-hybridized carbons (Fsp3) is 0.103. The van der Waals surface area contributed by atoms with E-state index in [0.717, 1.165) is 16.9 Å². The van der Waals surface area contributed by atoms with Gasteiger partial charge >= 0.3 is 5.97 Å². The average molecular weight is 495 g/mol. The molecule has 1 aromatic heterocycles. The molecule has 3 aromatic carbocycles. The number of methoxy groups -OCH3 is 1. The van der Waals surface area contributed by atoms with Gasteiger partial charge in [0.2, 0.25) is 5.91 Å². The number of nitrogens with one attached hydrogen (secondary N) is 2. The van der Waals surface area contributed by atoms with E-state index >= 15 is 0 Å². The van der Waals surface area contributed by atoms with E-state index in [0.29, 0.717) is 34.4 Å². The summed E-state index contributed by atoms with van der Waals surface area (Å²) >= 11 is 0. The number of rotatable bonds is 8. The number of amides is 1. The minimum absolute atomic E-state index is 0.301. The molecule has 37 heavy (non-hydrogen) atoms. The summed E-state index contributed by atoms with van der Waals surface area (Å²) in [5, 5.41) is 6.14. The van der Waals surface area contributed by atoms with Gasteiger partial charge in [-0.25, -0.2) is 9.97 Å². The molecule has 8 nitrogen and oxygen atoms in total. The maximum Gasteiger partial charge on any atom is 0.308 e. The molecule has 8 heteroatoms. The summed E-state index contributed by atoms with van der Waals surface area (Å²) in [4.78, 5) is 32.8. The van der Waals surface area contributed by atoms with E-state index in [1.165, 1.54) is 20.1 Å². The van der Waals surface area contributed by atoms with Crippen LogP contribution in [0.2, 0.25) is 0 Å². The molecular formula is C29H26N4O4. The van der Waals surface area contributed by atoms with Gasteiger partial charge in [0, 0.05) is 36.0 Å². The van der Waals surface area contributed by atoms with Crippen molar-refractivity contribution in [3.8, 4) is 22.8 Å². The summed E-state index contributed by atoms with van der Waals surface area (Å²) in [5.74, 6) is 1.27. The molecule has 0 spiro atoms. The molecule has 0 unspecified atom stereocenters. The number of carbonyl (C=O) groups is 2. The standard InChI is InChI=1S/C29H26N4O4/c1-19-30-25(22-8-5-4-6-9-22)18-28(31-19)32-23-10-7-11-24(17-23)33-29(35)15-13-21-12-14-26(37-20(2)34)27(16-21)36-3/h4-18H,1-3H3,(H,33,35)(H,30,31,32)/b15-13+. The summed E-state index contributed by atoms with van der Waals surface area (Å²) in [6.07, 6.45) is 3.06. The molecule has 0 aliphatic rings. The Balaban J connectivity index is 1.43. The Hall–Kier alpha value is -4.98. The Kier molecular flexibility index (Phi) is 7.90. The van der Waals surface area contributed by atoms with E-state index < -0.39 is 5.97 Å². The van der Waals surface area contributed by atoms with Crippen LogP contribution in [-0.2, 0) is 9.59 Å². The Morgan fingerprint density at radius 3 is 2.41 bits per heavy atom. The monoisotopic (exact) mass is 494 g/mol. The van der Waals surface area contributed by atoms with Crippen molar-refractivity contribution in [1.82, 2.24) is 9.97 Å². The van der Waals surface area contributed by atoms with Gasteiger partial charge in [0.05, 0.1) is 12.8 Å². The van der Waals surface area contributed by atoms with Crippen molar-refractivity contribution in [1.29, 1.82) is 0 Å². The van der Waals surface area contributed by atoms with Crippen LogP contribution < -0.4 is 20.1 Å². The smallest absolute Gasteiger partial charge is 0.308 e. The number of nitrogens with zero attached hydrogens (tertiary/aromatic N) is 2. The topological polar surface area (TPSA) is 102 Å². The average Bonchev–Trinajstić information content (AvgIpc) is 2.88. The molecule has 0 bridgehead atoms. The molecule has 0 aliphatic carbocycles. The number of aryl methyl sites for hydroxylation is 1. The summed E-state index contributed by atoms with van der Waals surface area (Å²) in [7, 11) is 1.48. The number of hydrogen-bond acceptors (Lipinski definition) is 7. The highest BCUT2D eigenvalue weighted by Gasteiger charge is 2.08. The van der Waals surface area contributed by atoms with Crippen molar-refractivity contribution in [2.75, 3.05) is 17.7 Å². The van der Waals surface area contributed by atoms with Crippen LogP contribution in [0.15, 0.2) is 84.9 Å². The molecule has 0 saturated carbocycles. The number of ether oxygens (including phenoxy) is 2. The Morgan fingerprint density at radius 1 is 0.865 bits per heavy atom. The van der Waals surface area contributed by atoms with Gasteiger partial charge in [0.15, 0.2) is 11.5 Å². The predicted molar refractivity (Wildman–Crippen MR) is 144 cm³/mol. The third-order valence-electron chi connectivity index (χ3n) is 5.18. The lowest BCUT2D eigenvalue weighted by Crippen LogP contribution is -2.08. The lowest BCUT2D eigenvalue weighted by molar-refractivity contribution is -0.132. The highest BCUT2D eigenvalue weighted by molar-refractivity contribution is 6.02. The highest BCUT2D eigenvalue weighted by Crippen LogP contribution is 2.29. The van der Waals surface area contributed by atoms with Crippen LogP contribution in [0.25, 0.3) is 17.3 Å². The second-order valence-corrected chi connectivity index (χ2v) is 8.08. The van der Waals surface area contributed by atoms with E-state index in [-0.39, 0.29) is 5.91 Å². The highest BCUT2D eigenvalue weighted by atomic mass is 16.6. The van der Waals surface area contributed by atoms with E-state index in [1.807, 2.05) is 61.5 Å². The lowest BCUT2D eigenvalue weighted by Gasteiger charge is -2.10. The molecule has 1 heterocycles. The first kappa shape index (κ1) is 25.1. The van der Waals surface area contributed by atoms with Gasteiger partial charge < -0.3 is 20.1 Å². The van der Waals surface area contributed by atoms with Crippen molar-refractivity contribution in [2.45, 2.75) is 13.8 Å². The van der Waals surface area contributed by atoms with E-state index in [4.69, 9.17) is 9.47 Å². The van der Waals surface area contributed by atoms with Crippen LogP contribution in [0.4, 0.5) is 17.2 Å². The molecule has 186 valence electrons. The number of aromatic nitrogens is 2. The van der Waals surface area contributed by atoms with Crippen molar-refractivity contribution < 1.29 is 19.1 Å². The molecule has 4 rings (SSSR count). The Bertz CT molecular complexity index is 1450. The van der Waals surface area contributed by atoms with E-state index in [1.54, 1.807) is 30.3 Å². The first-order valence-electron chi connectivity index (χ1n) is 11.5. The van der Waals surface area contributed by atoms with Crippen LogP contribution in [0, 0.1) is 6.92 Å². The molecule has 0 radical (unpaired) electrons. The molecule has 1 amide bonds. The van der Waals surface area contributed by atoms with Gasteiger partial charge in [-0.3, -0.25) is 9.59 Å². The van der Waals surface area contributed by atoms with Crippen LogP contribution >= 0.6 is 0 Å². The first-order chi connectivity index (χ1) is 17.9. The SMILES string of the molecule is COc1cc(/C=C/C(=O)Nc2cccc(Nc3cc(-c4ccccc4)nc(C)n3)c2)ccc1OC(C)=O. The van der Waals surface area contributed by atoms with Crippen molar-refractivity contribution in [3.05, 3.63) is 96.3 Å². The first-order valence-corrected chi connectivity index (χ1v) is 11.5. The molecule has 0 atom stereocenters. The van der Waals surface area contributed by atoms with Gasteiger partial charge in [-0.15, -0.1) is 0 Å². The van der Waals surface area contributed by atoms with E-state index in [2.05, 4.69) is 20.6 Å². The van der Waals surface area contributed by atoms with Crippen LogP contribution in [0.5, 0.6) is 11.5 Å². The third-order valence-corrected chi connectivity index (χ3v) is 5.18. The Morgan fingerprint density at radius 2 is 1.65 bits per heavy atom. The van der Waals surface area contributed by atoms with Gasteiger partial charge in [0.1, 0.15) is 11.6 Å². The Labute approximate surface area is 215 Å². The largest absolute Gasteiger partial charge is 0.493 e. The zero-order chi connectivity index (χ0) is 26.2. The summed E-state index contributed by atoms with van der Waals surface area (Å²) in [6.45, 7) is 3.17. The fourth-order valence-corrected chi connectivity index (χ4v) is 3.59. The minimum atomic E-state index is -0.441. The molecular weight excluding hydrogens is 468 g/mol. The normalized spacial score (nSPS) is 10.7. The van der Waals surface area contributed by atoms with Crippen LogP contribution in [0.3, 0.4) is 0 Å². The molecule has 2 N–H and O–H groups in total. The van der Waals surface area contributed by atoms with Crippen molar-refractivity contribution >= 4 is 35.1 Å². The number of carbonyl (C=O) groups excluding carboxylic acids is 2. The number of hydrogen-bond donors (Lipinski definition) is 2. The molecule has 4 aromatic rings. The summed E-state index contributed by atoms with van der Waals surface area (Å²) < 4.78 is 10.4. The molecule has 0 fully saturated rings. The minimum Gasteiger partial charge on any atom is -0.493 e. The quantitative estimate of drug-likeness (QED) is 0.182. The van der Waals surface area contributed by atoms with Crippen molar-refractivity contribution in [3.63, 3.8) is 0 Å². The molecule has 0 saturated heterocycles. The summed E-state index contributed by atoms with van der Waals surface area (Å²) in [6, 6.07) is 24.2. The van der Waals surface area contributed by atoms with Crippen LogP contribution in [0.1, 0.15) is 18.3 Å². The third kappa shape index (κ3) is 7.02. The maximum atomic E-state index is 12.5. The van der Waals surface area contributed by atoms with Gasteiger partial charge in [-0.1, -0.05) is 42.5 Å². The zero-order valence-electron chi connectivity index (χ0n) is 20.7. The van der Waals surface area contributed by atoms with Gasteiger partial charge in [0.25, 0.3) is 0 Å². The van der Waals surface area contributed by atoms with Crippen molar-refractivity contribution in [2.24, 2.45) is 0 Å². The number of benzene rings is 3. The maximum absolute atomic E-state index is 12.5.